The number of hydrazone groups is 1. The first-order valence-electron chi connectivity index (χ1n) is 11.5. The molecule has 0 saturated carbocycles. The summed E-state index contributed by atoms with van der Waals surface area (Å²) in [6.07, 6.45) is -1.51. The van der Waals surface area contributed by atoms with Crippen LogP contribution in [-0.4, -0.2) is 53.2 Å². The van der Waals surface area contributed by atoms with Crippen molar-refractivity contribution in [3.8, 4) is 6.07 Å². The number of hydrogen-bond donors (Lipinski definition) is 2. The summed E-state index contributed by atoms with van der Waals surface area (Å²) in [6, 6.07) is 4.86. The van der Waals surface area contributed by atoms with Gasteiger partial charge in [-0.25, -0.2) is 5.01 Å². The summed E-state index contributed by atoms with van der Waals surface area (Å²) in [7, 11) is 0. The Morgan fingerprint density at radius 1 is 1.31 bits per heavy atom. The normalized spacial score (nSPS) is 22.4. The molecule has 2 atom stereocenters. The van der Waals surface area contributed by atoms with Crippen LogP contribution in [-0.2, 0) is 11.0 Å². The van der Waals surface area contributed by atoms with E-state index in [0.717, 1.165) is 12.1 Å². The number of piperidine rings is 1. The Morgan fingerprint density at radius 2 is 2.00 bits per heavy atom. The molecule has 186 valence electrons. The summed E-state index contributed by atoms with van der Waals surface area (Å²) in [5, 5.41) is 18.6. The Morgan fingerprint density at radius 3 is 2.63 bits per heavy atom. The van der Waals surface area contributed by atoms with Crippen molar-refractivity contribution in [1.82, 2.24) is 15.2 Å². The number of amidine groups is 2. The summed E-state index contributed by atoms with van der Waals surface area (Å²) in [5.74, 6) is 0.588. The minimum Gasteiger partial charge on any atom is -0.399 e. The lowest BCUT2D eigenvalue weighted by atomic mass is 9.82. The van der Waals surface area contributed by atoms with Crippen LogP contribution in [0.25, 0.3) is 0 Å². The molecule has 3 aliphatic heterocycles. The Kier molecular flexibility index (Phi) is 6.25. The third kappa shape index (κ3) is 5.11. The van der Waals surface area contributed by atoms with Gasteiger partial charge >= 0.3 is 6.18 Å². The number of nitrogens with one attached hydrogen (secondary N) is 1. The number of fused-ring (bicyclic) bond motifs is 1. The Bertz CT molecular complexity index is 1160. The lowest BCUT2D eigenvalue weighted by Crippen LogP contribution is -2.45. The van der Waals surface area contributed by atoms with Crippen molar-refractivity contribution < 1.29 is 18.0 Å². The molecule has 1 fully saturated rings. The maximum absolute atomic E-state index is 13.3. The maximum atomic E-state index is 13.3. The number of halogens is 3. The molecule has 0 bridgehead atoms. The predicted molar refractivity (Wildman–Crippen MR) is 126 cm³/mol. The SMILES string of the molecule is C[C@@H]1CN2N=C(N3CCC(C)(C#N)CC3)C=C(C(=O)N[C@H](C)c3cc(N)cc(C(F)(F)F)c3)C2=N1. The molecule has 8 nitrogen and oxygen atoms in total. The third-order valence-electron chi connectivity index (χ3n) is 6.62. The molecule has 1 aromatic rings. The fourth-order valence-electron chi connectivity index (χ4n) is 4.41. The second-order valence-corrected chi connectivity index (χ2v) is 9.64. The summed E-state index contributed by atoms with van der Waals surface area (Å²) in [5.41, 5.74) is 4.97. The zero-order valence-corrected chi connectivity index (χ0v) is 19.9. The van der Waals surface area contributed by atoms with Gasteiger partial charge in [-0.15, -0.1) is 0 Å². The molecule has 4 rings (SSSR count). The van der Waals surface area contributed by atoms with Gasteiger partial charge in [0.25, 0.3) is 5.91 Å². The van der Waals surface area contributed by atoms with Crippen LogP contribution in [0.1, 0.15) is 50.8 Å². The molecule has 3 heterocycles. The van der Waals surface area contributed by atoms with E-state index >= 15 is 0 Å². The Labute approximate surface area is 202 Å². The highest BCUT2D eigenvalue weighted by molar-refractivity contribution is 6.25. The van der Waals surface area contributed by atoms with Crippen molar-refractivity contribution in [3.63, 3.8) is 0 Å². The smallest absolute Gasteiger partial charge is 0.399 e. The number of nitriles is 1. The van der Waals surface area contributed by atoms with Gasteiger partial charge in [-0.3, -0.25) is 9.79 Å². The third-order valence-corrected chi connectivity index (χ3v) is 6.62. The Balaban J connectivity index is 1.57. The number of hydrogen-bond acceptors (Lipinski definition) is 7. The van der Waals surface area contributed by atoms with E-state index in [1.165, 1.54) is 6.07 Å². The molecule has 35 heavy (non-hydrogen) atoms. The number of benzene rings is 1. The van der Waals surface area contributed by atoms with E-state index in [-0.39, 0.29) is 22.7 Å². The maximum Gasteiger partial charge on any atom is 0.416 e. The number of aliphatic imine (C=N–C) groups is 1. The Hall–Kier alpha value is -3.55. The monoisotopic (exact) mass is 487 g/mol. The first-order valence-corrected chi connectivity index (χ1v) is 11.5. The zero-order valence-electron chi connectivity index (χ0n) is 19.9. The number of anilines is 1. The topological polar surface area (TPSA) is 110 Å². The van der Waals surface area contributed by atoms with Crippen molar-refractivity contribution in [2.75, 3.05) is 25.4 Å². The predicted octanol–water partition coefficient (Wildman–Crippen LogP) is 3.45. The second kappa shape index (κ2) is 8.91. The minimum absolute atomic E-state index is 0.0307. The quantitative estimate of drug-likeness (QED) is 0.635. The number of likely N-dealkylation sites (tertiary alicyclic amines) is 1. The highest BCUT2D eigenvalue weighted by Crippen LogP contribution is 2.33. The van der Waals surface area contributed by atoms with Crippen molar-refractivity contribution in [3.05, 3.63) is 41.0 Å². The van der Waals surface area contributed by atoms with Gasteiger partial charge in [-0.1, -0.05) is 0 Å². The molecule has 1 aromatic carbocycles. The van der Waals surface area contributed by atoms with Crippen LogP contribution in [0.4, 0.5) is 18.9 Å². The van der Waals surface area contributed by atoms with E-state index < -0.39 is 23.7 Å². The zero-order chi connectivity index (χ0) is 25.5. The van der Waals surface area contributed by atoms with Crippen molar-refractivity contribution >= 4 is 23.3 Å². The van der Waals surface area contributed by atoms with E-state index in [9.17, 15) is 23.2 Å². The number of carbonyl (C=O) groups excluding carboxylic acids is 1. The van der Waals surface area contributed by atoms with E-state index in [1.807, 2.05) is 18.7 Å². The molecule has 3 aliphatic rings. The highest BCUT2D eigenvalue weighted by Gasteiger charge is 2.37. The van der Waals surface area contributed by atoms with Crippen molar-refractivity contribution in [2.24, 2.45) is 15.5 Å². The molecule has 0 aliphatic carbocycles. The minimum atomic E-state index is -4.55. The summed E-state index contributed by atoms with van der Waals surface area (Å²) < 4.78 is 39.7. The number of nitrogens with two attached hydrogens (primary N) is 1. The van der Waals surface area contributed by atoms with Crippen molar-refractivity contribution in [1.29, 1.82) is 5.26 Å². The molecule has 0 radical (unpaired) electrons. The molecule has 1 saturated heterocycles. The van der Waals surface area contributed by atoms with Crippen LogP contribution < -0.4 is 11.1 Å². The first-order chi connectivity index (χ1) is 16.4. The molecule has 0 aromatic heterocycles. The van der Waals surface area contributed by atoms with E-state index in [4.69, 9.17) is 5.73 Å². The van der Waals surface area contributed by atoms with Crippen LogP contribution >= 0.6 is 0 Å². The molecule has 3 N–H and O–H groups in total. The summed E-state index contributed by atoms with van der Waals surface area (Å²) >= 11 is 0. The number of carbonyl (C=O) groups is 1. The molecular formula is C24H28F3N7O. The lowest BCUT2D eigenvalue weighted by molar-refractivity contribution is -0.137. The summed E-state index contributed by atoms with van der Waals surface area (Å²) in [6.45, 7) is 7.25. The number of nitrogens with zero attached hydrogens (tertiary/aromatic N) is 5. The van der Waals surface area contributed by atoms with E-state index in [1.54, 1.807) is 18.0 Å². The average molecular weight is 488 g/mol. The molecule has 0 spiro atoms. The number of alkyl halides is 3. The van der Waals surface area contributed by atoms with Gasteiger partial charge in [0.05, 0.1) is 41.2 Å². The molecule has 11 heteroatoms. The van der Waals surface area contributed by atoms with Crippen molar-refractivity contribution in [2.45, 2.75) is 51.9 Å². The lowest BCUT2D eigenvalue weighted by Gasteiger charge is -2.37. The van der Waals surface area contributed by atoms with Gasteiger partial charge in [-0.2, -0.15) is 23.5 Å². The van der Waals surface area contributed by atoms with E-state index in [0.29, 0.717) is 49.7 Å². The van der Waals surface area contributed by atoms with Gasteiger partial charge < -0.3 is 16.0 Å². The first kappa shape index (κ1) is 24.6. The fourth-order valence-corrected chi connectivity index (χ4v) is 4.41. The van der Waals surface area contributed by atoms with Crippen LogP contribution in [0, 0.1) is 16.7 Å². The molecule has 1 amide bonds. The average Bonchev–Trinajstić information content (AvgIpc) is 3.17. The van der Waals surface area contributed by atoms with Crippen LogP contribution in [0.5, 0.6) is 0 Å². The molecular weight excluding hydrogens is 459 g/mol. The van der Waals surface area contributed by atoms with Gasteiger partial charge in [0.1, 0.15) is 5.84 Å². The number of rotatable bonds is 3. The van der Waals surface area contributed by atoms with Crippen LogP contribution in [0.3, 0.4) is 0 Å². The molecule has 0 unspecified atom stereocenters. The van der Waals surface area contributed by atoms with Gasteiger partial charge in [-0.05, 0) is 63.5 Å². The van der Waals surface area contributed by atoms with Gasteiger partial charge in [0.15, 0.2) is 5.84 Å². The van der Waals surface area contributed by atoms with Gasteiger partial charge in [0.2, 0.25) is 0 Å². The fraction of sp³-hybridized carbons (Fsp3) is 0.500. The van der Waals surface area contributed by atoms with Crippen LogP contribution in [0.15, 0.2) is 39.9 Å². The highest BCUT2D eigenvalue weighted by atomic mass is 19.4. The van der Waals surface area contributed by atoms with Crippen LogP contribution in [0.2, 0.25) is 0 Å². The van der Waals surface area contributed by atoms with E-state index in [2.05, 4.69) is 21.5 Å². The summed E-state index contributed by atoms with van der Waals surface area (Å²) in [4.78, 5) is 19.9. The number of nitrogen functional groups attached to an aromatic ring is 1. The standard InChI is InChI=1S/C24H28F3N7O/c1-14-12-34-21(30-14)19(11-20(32-34)33-6-4-23(3,13-28)5-7-33)22(35)31-15(2)16-8-17(24(25,26)27)10-18(29)9-16/h8-11,14-15H,4-7,12,29H2,1-3H3,(H,31,35)/t14-,15-/m1/s1. The number of amides is 1. The second-order valence-electron chi connectivity index (χ2n) is 9.64. The van der Waals surface area contributed by atoms with Gasteiger partial charge in [0, 0.05) is 18.8 Å². The largest absolute Gasteiger partial charge is 0.416 e.